The van der Waals surface area contributed by atoms with Gasteiger partial charge in [-0.2, -0.15) is 13.2 Å². The highest BCUT2D eigenvalue weighted by molar-refractivity contribution is 7.09. The summed E-state index contributed by atoms with van der Waals surface area (Å²) in [6.45, 7) is 1.95. The maximum atomic E-state index is 12.5. The molecule has 0 spiro atoms. The van der Waals surface area contributed by atoms with Crippen LogP contribution in [0.1, 0.15) is 21.8 Å². The van der Waals surface area contributed by atoms with Crippen molar-refractivity contribution >= 4 is 11.3 Å². The molecule has 1 aromatic carbocycles. The molecule has 0 amide bonds. The highest BCUT2D eigenvalue weighted by Crippen LogP contribution is 2.29. The lowest BCUT2D eigenvalue weighted by atomic mass is 10.0. The number of hydrogen-bond acceptors (Lipinski definition) is 3. The number of benzene rings is 1. The number of aromatic nitrogens is 1. The van der Waals surface area contributed by atoms with Gasteiger partial charge in [-0.25, -0.2) is 4.98 Å². The van der Waals surface area contributed by atoms with E-state index < -0.39 is 11.7 Å². The maximum Gasteiger partial charge on any atom is 0.416 e. The molecule has 21 heavy (non-hydrogen) atoms. The Hall–Kier alpha value is -1.40. The molecular weight excluding hydrogens is 297 g/mol. The van der Waals surface area contributed by atoms with Crippen LogP contribution in [0, 0.1) is 6.92 Å². The third-order valence-electron chi connectivity index (χ3n) is 3.26. The number of halogens is 3. The van der Waals surface area contributed by atoms with Gasteiger partial charge in [-0.05, 0) is 38.1 Å². The van der Waals surface area contributed by atoms with Gasteiger partial charge in [-0.1, -0.05) is 12.1 Å². The van der Waals surface area contributed by atoms with Crippen LogP contribution in [0.15, 0.2) is 29.6 Å². The fourth-order valence-corrected chi connectivity index (χ4v) is 2.95. The van der Waals surface area contributed by atoms with Gasteiger partial charge in [0.1, 0.15) is 0 Å². The molecule has 2 aromatic rings. The second-order valence-electron chi connectivity index (χ2n) is 4.97. The molecule has 1 atom stereocenters. The molecule has 0 aliphatic rings. The number of hydrogen-bond donors (Lipinski definition) is 1. The summed E-state index contributed by atoms with van der Waals surface area (Å²) in [6.07, 6.45) is -2.83. The average Bonchev–Trinajstić information content (AvgIpc) is 2.83. The molecular formula is C15H17F3N2S. The van der Waals surface area contributed by atoms with Gasteiger partial charge in [0.25, 0.3) is 0 Å². The van der Waals surface area contributed by atoms with E-state index in [2.05, 4.69) is 10.3 Å². The van der Waals surface area contributed by atoms with Crippen LogP contribution >= 0.6 is 11.3 Å². The molecule has 0 aliphatic heterocycles. The molecule has 0 bridgehead atoms. The summed E-state index contributed by atoms with van der Waals surface area (Å²) in [6, 6.07) is 5.51. The zero-order valence-electron chi connectivity index (χ0n) is 11.9. The minimum absolute atomic E-state index is 0.160. The molecule has 1 N–H and O–H groups in total. The smallest absolute Gasteiger partial charge is 0.316 e. The Balaban J connectivity index is 2.01. The van der Waals surface area contributed by atoms with E-state index in [-0.39, 0.29) is 6.04 Å². The van der Waals surface area contributed by atoms with E-state index >= 15 is 0 Å². The lowest BCUT2D eigenvalue weighted by Crippen LogP contribution is -2.29. The Bertz CT molecular complexity index is 575. The fraction of sp³-hybridized carbons (Fsp3) is 0.400. The van der Waals surface area contributed by atoms with Crippen LogP contribution in [0.2, 0.25) is 0 Å². The predicted octanol–water partition coefficient (Wildman–Crippen LogP) is 3.84. The Morgan fingerprint density at radius 1 is 1.19 bits per heavy atom. The molecule has 1 heterocycles. The number of thiazole rings is 1. The molecule has 114 valence electrons. The van der Waals surface area contributed by atoms with E-state index in [9.17, 15) is 13.2 Å². The van der Waals surface area contributed by atoms with Crippen LogP contribution in [-0.2, 0) is 19.0 Å². The third-order valence-corrected chi connectivity index (χ3v) is 4.25. The SMILES string of the molecule is CNC(Cc1ccc(C(F)(F)F)cc1)Cc1nc(C)cs1. The Labute approximate surface area is 126 Å². The second-order valence-corrected chi connectivity index (χ2v) is 5.91. The summed E-state index contributed by atoms with van der Waals surface area (Å²) in [7, 11) is 1.86. The van der Waals surface area contributed by atoms with E-state index in [0.29, 0.717) is 6.42 Å². The summed E-state index contributed by atoms with van der Waals surface area (Å²) >= 11 is 1.61. The van der Waals surface area contributed by atoms with Gasteiger partial charge in [0.05, 0.1) is 10.6 Å². The van der Waals surface area contributed by atoms with Crippen molar-refractivity contribution in [2.24, 2.45) is 0 Å². The van der Waals surface area contributed by atoms with Gasteiger partial charge in [-0.15, -0.1) is 11.3 Å². The van der Waals surface area contributed by atoms with Crippen molar-refractivity contribution < 1.29 is 13.2 Å². The lowest BCUT2D eigenvalue weighted by molar-refractivity contribution is -0.137. The topological polar surface area (TPSA) is 24.9 Å². The highest BCUT2D eigenvalue weighted by Gasteiger charge is 2.29. The predicted molar refractivity (Wildman–Crippen MR) is 78.6 cm³/mol. The highest BCUT2D eigenvalue weighted by atomic mass is 32.1. The van der Waals surface area contributed by atoms with Gasteiger partial charge in [-0.3, -0.25) is 0 Å². The van der Waals surface area contributed by atoms with E-state index in [4.69, 9.17) is 0 Å². The summed E-state index contributed by atoms with van der Waals surface area (Å²) < 4.78 is 37.6. The van der Waals surface area contributed by atoms with Crippen LogP contribution in [-0.4, -0.2) is 18.1 Å². The first kappa shape index (κ1) is 16.0. The quantitative estimate of drug-likeness (QED) is 0.907. The molecule has 0 saturated carbocycles. The number of aryl methyl sites for hydroxylation is 1. The molecule has 6 heteroatoms. The first-order chi connectivity index (χ1) is 9.88. The summed E-state index contributed by atoms with van der Waals surface area (Å²) in [4.78, 5) is 4.42. The minimum atomic E-state index is -4.28. The van der Waals surface area contributed by atoms with Crippen molar-refractivity contribution in [3.05, 3.63) is 51.5 Å². The van der Waals surface area contributed by atoms with Crippen LogP contribution in [0.3, 0.4) is 0 Å². The fourth-order valence-electron chi connectivity index (χ4n) is 2.10. The summed E-state index contributed by atoms with van der Waals surface area (Å²) in [5.41, 5.74) is 1.28. The second kappa shape index (κ2) is 6.58. The third kappa shape index (κ3) is 4.54. The molecule has 2 nitrogen and oxygen atoms in total. The Morgan fingerprint density at radius 2 is 1.86 bits per heavy atom. The lowest BCUT2D eigenvalue weighted by Gasteiger charge is -2.15. The van der Waals surface area contributed by atoms with Crippen molar-refractivity contribution in [1.82, 2.24) is 10.3 Å². The Morgan fingerprint density at radius 3 is 2.33 bits per heavy atom. The molecule has 2 rings (SSSR count). The number of nitrogens with zero attached hydrogens (tertiary/aromatic N) is 1. The standard InChI is InChI=1S/C15H17F3N2S/c1-10-9-21-14(20-10)8-13(19-2)7-11-3-5-12(6-4-11)15(16,17)18/h3-6,9,13,19H,7-8H2,1-2H3. The van der Waals surface area contributed by atoms with Gasteiger partial charge in [0, 0.05) is 23.5 Å². The van der Waals surface area contributed by atoms with Crippen LogP contribution in [0.4, 0.5) is 13.2 Å². The largest absolute Gasteiger partial charge is 0.416 e. The van der Waals surface area contributed by atoms with E-state index in [0.717, 1.165) is 34.8 Å². The summed E-state index contributed by atoms with van der Waals surface area (Å²) in [5.74, 6) is 0. The van der Waals surface area contributed by atoms with Gasteiger partial charge in [0.15, 0.2) is 0 Å². The average molecular weight is 314 g/mol. The molecule has 0 fully saturated rings. The number of rotatable bonds is 5. The first-order valence-electron chi connectivity index (χ1n) is 6.63. The molecule has 0 radical (unpaired) electrons. The number of alkyl halides is 3. The number of likely N-dealkylation sites (N-methyl/N-ethyl adjacent to an activating group) is 1. The molecule has 1 unspecified atom stereocenters. The van der Waals surface area contributed by atoms with E-state index in [1.165, 1.54) is 0 Å². The van der Waals surface area contributed by atoms with Gasteiger partial charge < -0.3 is 5.32 Å². The summed E-state index contributed by atoms with van der Waals surface area (Å²) in [5, 5.41) is 6.24. The number of nitrogens with one attached hydrogen (secondary N) is 1. The Kier molecular flexibility index (Phi) is 5.00. The van der Waals surface area contributed by atoms with E-state index in [1.54, 1.807) is 23.5 Å². The van der Waals surface area contributed by atoms with Crippen molar-refractivity contribution in [3.63, 3.8) is 0 Å². The zero-order valence-corrected chi connectivity index (χ0v) is 12.7. The van der Waals surface area contributed by atoms with Crippen LogP contribution < -0.4 is 5.32 Å². The molecule has 0 saturated heterocycles. The van der Waals surface area contributed by atoms with Crippen LogP contribution in [0.25, 0.3) is 0 Å². The first-order valence-corrected chi connectivity index (χ1v) is 7.51. The van der Waals surface area contributed by atoms with Crippen molar-refractivity contribution in [1.29, 1.82) is 0 Å². The van der Waals surface area contributed by atoms with Gasteiger partial charge in [0.2, 0.25) is 0 Å². The minimum Gasteiger partial charge on any atom is -0.316 e. The van der Waals surface area contributed by atoms with Gasteiger partial charge >= 0.3 is 6.18 Å². The van der Waals surface area contributed by atoms with Crippen molar-refractivity contribution in [3.8, 4) is 0 Å². The zero-order chi connectivity index (χ0) is 15.5. The van der Waals surface area contributed by atoms with Crippen molar-refractivity contribution in [2.45, 2.75) is 32.0 Å². The normalized spacial score (nSPS) is 13.4. The monoisotopic (exact) mass is 314 g/mol. The molecule has 0 aliphatic carbocycles. The van der Waals surface area contributed by atoms with E-state index in [1.807, 2.05) is 19.4 Å². The van der Waals surface area contributed by atoms with Crippen LogP contribution in [0.5, 0.6) is 0 Å². The maximum absolute atomic E-state index is 12.5. The van der Waals surface area contributed by atoms with Crippen molar-refractivity contribution in [2.75, 3.05) is 7.05 Å². The molecule has 1 aromatic heterocycles.